The van der Waals surface area contributed by atoms with Gasteiger partial charge in [0.2, 0.25) is 0 Å². The van der Waals surface area contributed by atoms with Gasteiger partial charge in [-0.15, -0.1) is 0 Å². The lowest BCUT2D eigenvalue weighted by molar-refractivity contribution is 0.00954. The first-order valence-corrected chi connectivity index (χ1v) is 4.87. The molecule has 3 heteroatoms. The largest absolute Gasteiger partial charge is 0.380 e. The minimum atomic E-state index is 0.304. The first-order chi connectivity index (χ1) is 5.79. The Labute approximate surface area is 74.9 Å². The fourth-order valence-corrected chi connectivity index (χ4v) is 1.81. The zero-order valence-corrected chi connectivity index (χ0v) is 8.12. The van der Waals surface area contributed by atoms with Crippen molar-refractivity contribution in [1.29, 1.82) is 0 Å². The minimum absolute atomic E-state index is 0.304. The fourth-order valence-electron chi connectivity index (χ4n) is 1.81. The molecule has 3 nitrogen and oxygen atoms in total. The van der Waals surface area contributed by atoms with Crippen LogP contribution in [-0.2, 0) is 4.74 Å². The number of nitrogens with two attached hydrogens (primary N) is 1. The monoisotopic (exact) mass is 172 g/mol. The second-order valence-corrected chi connectivity index (χ2v) is 3.32. The third kappa shape index (κ3) is 2.19. The van der Waals surface area contributed by atoms with Crippen molar-refractivity contribution in [3.8, 4) is 0 Å². The highest BCUT2D eigenvalue weighted by atomic mass is 16.5. The van der Waals surface area contributed by atoms with Crippen LogP contribution in [0, 0.1) is 0 Å². The molecule has 1 aliphatic heterocycles. The van der Waals surface area contributed by atoms with E-state index in [1.807, 2.05) is 0 Å². The number of rotatable bonds is 3. The molecular formula is C9H20N2O. The normalized spacial score (nSPS) is 31.0. The Morgan fingerprint density at radius 3 is 2.58 bits per heavy atom. The van der Waals surface area contributed by atoms with Crippen molar-refractivity contribution in [2.75, 3.05) is 26.3 Å². The van der Waals surface area contributed by atoms with Crippen LogP contribution in [0.4, 0.5) is 0 Å². The second-order valence-electron chi connectivity index (χ2n) is 3.32. The summed E-state index contributed by atoms with van der Waals surface area (Å²) in [5, 5.41) is 0. The Kier molecular flexibility index (Phi) is 3.98. The van der Waals surface area contributed by atoms with Crippen LogP contribution in [0.3, 0.4) is 0 Å². The van der Waals surface area contributed by atoms with Crippen molar-refractivity contribution in [1.82, 2.24) is 4.90 Å². The molecule has 0 aromatic rings. The summed E-state index contributed by atoms with van der Waals surface area (Å²) in [6.45, 7) is 8.12. The average Bonchev–Trinajstić information content (AvgIpc) is 2.10. The van der Waals surface area contributed by atoms with Crippen LogP contribution < -0.4 is 5.73 Å². The summed E-state index contributed by atoms with van der Waals surface area (Å²) in [6.07, 6.45) is 1.00. The van der Waals surface area contributed by atoms with E-state index in [9.17, 15) is 0 Å². The van der Waals surface area contributed by atoms with Crippen LogP contribution in [0.5, 0.6) is 0 Å². The summed E-state index contributed by atoms with van der Waals surface area (Å²) < 4.78 is 5.42. The van der Waals surface area contributed by atoms with Crippen LogP contribution in [0.15, 0.2) is 0 Å². The van der Waals surface area contributed by atoms with Crippen LogP contribution in [0.1, 0.15) is 20.3 Å². The molecule has 0 saturated carbocycles. The number of ether oxygens (including phenoxy) is 1. The number of likely N-dealkylation sites (N-methyl/N-ethyl adjacent to an activating group) is 1. The summed E-state index contributed by atoms with van der Waals surface area (Å²) in [4.78, 5) is 2.38. The van der Waals surface area contributed by atoms with Gasteiger partial charge in [-0.2, -0.15) is 0 Å². The van der Waals surface area contributed by atoms with Gasteiger partial charge in [0, 0.05) is 18.7 Å². The van der Waals surface area contributed by atoms with E-state index in [1.165, 1.54) is 0 Å². The quantitative estimate of drug-likeness (QED) is 0.671. The van der Waals surface area contributed by atoms with E-state index in [1.54, 1.807) is 0 Å². The van der Waals surface area contributed by atoms with E-state index in [0.29, 0.717) is 12.1 Å². The maximum Gasteiger partial charge on any atom is 0.0636 e. The highest BCUT2D eigenvalue weighted by Gasteiger charge is 2.26. The maximum absolute atomic E-state index is 6.01. The molecule has 1 fully saturated rings. The molecule has 2 unspecified atom stereocenters. The van der Waals surface area contributed by atoms with E-state index in [2.05, 4.69) is 18.7 Å². The van der Waals surface area contributed by atoms with Crippen molar-refractivity contribution < 1.29 is 4.74 Å². The van der Waals surface area contributed by atoms with Gasteiger partial charge >= 0.3 is 0 Å². The summed E-state index contributed by atoms with van der Waals surface area (Å²) in [6, 6.07) is 0.743. The summed E-state index contributed by atoms with van der Waals surface area (Å²) in [7, 11) is 0. The highest BCUT2D eigenvalue weighted by molar-refractivity contribution is 4.83. The van der Waals surface area contributed by atoms with Crippen LogP contribution in [0.25, 0.3) is 0 Å². The van der Waals surface area contributed by atoms with Crippen molar-refractivity contribution >= 4 is 0 Å². The van der Waals surface area contributed by atoms with Gasteiger partial charge in [-0.1, -0.05) is 13.8 Å². The van der Waals surface area contributed by atoms with Gasteiger partial charge < -0.3 is 10.5 Å². The lowest BCUT2D eigenvalue weighted by Crippen LogP contribution is -2.53. The van der Waals surface area contributed by atoms with Crippen LogP contribution in [0.2, 0.25) is 0 Å². The van der Waals surface area contributed by atoms with Gasteiger partial charge in [-0.25, -0.2) is 0 Å². The predicted molar refractivity (Wildman–Crippen MR) is 50.1 cm³/mol. The average molecular weight is 172 g/mol. The fraction of sp³-hybridized carbons (Fsp3) is 1.00. The SMILES string of the molecule is CCN(CC)C1COCCC1N. The number of hydrogen-bond acceptors (Lipinski definition) is 3. The van der Waals surface area contributed by atoms with E-state index in [0.717, 1.165) is 32.7 Å². The van der Waals surface area contributed by atoms with Gasteiger partial charge in [0.05, 0.1) is 6.61 Å². The topological polar surface area (TPSA) is 38.5 Å². The molecule has 2 N–H and O–H groups in total. The molecule has 1 rings (SSSR count). The smallest absolute Gasteiger partial charge is 0.0636 e. The van der Waals surface area contributed by atoms with Crippen molar-refractivity contribution in [2.45, 2.75) is 32.4 Å². The lowest BCUT2D eigenvalue weighted by Gasteiger charge is -2.36. The molecular weight excluding hydrogens is 152 g/mol. The summed E-state index contributed by atoms with van der Waals surface area (Å²) in [5.41, 5.74) is 6.01. The highest BCUT2D eigenvalue weighted by Crippen LogP contribution is 2.11. The molecule has 12 heavy (non-hydrogen) atoms. The van der Waals surface area contributed by atoms with Crippen LogP contribution in [-0.4, -0.2) is 43.3 Å². The van der Waals surface area contributed by atoms with E-state index < -0.39 is 0 Å². The molecule has 0 radical (unpaired) electrons. The zero-order valence-electron chi connectivity index (χ0n) is 8.12. The van der Waals surface area contributed by atoms with Gasteiger partial charge in [0.15, 0.2) is 0 Å². The van der Waals surface area contributed by atoms with Crippen molar-refractivity contribution in [2.24, 2.45) is 5.73 Å². The third-order valence-corrected chi connectivity index (χ3v) is 2.66. The molecule has 2 atom stereocenters. The molecule has 1 saturated heterocycles. The Hall–Kier alpha value is -0.120. The Balaban J connectivity index is 2.45. The van der Waals surface area contributed by atoms with Gasteiger partial charge in [-0.3, -0.25) is 4.90 Å². The van der Waals surface area contributed by atoms with Gasteiger partial charge in [-0.05, 0) is 19.5 Å². The lowest BCUT2D eigenvalue weighted by atomic mass is 10.0. The van der Waals surface area contributed by atoms with E-state index >= 15 is 0 Å². The molecule has 0 amide bonds. The first kappa shape index (κ1) is 9.96. The molecule has 1 heterocycles. The van der Waals surface area contributed by atoms with E-state index in [-0.39, 0.29) is 0 Å². The van der Waals surface area contributed by atoms with Gasteiger partial charge in [0.1, 0.15) is 0 Å². The van der Waals surface area contributed by atoms with E-state index in [4.69, 9.17) is 10.5 Å². The second kappa shape index (κ2) is 4.80. The predicted octanol–water partition coefficient (Wildman–Crippen LogP) is 0.444. The molecule has 0 aromatic carbocycles. The Morgan fingerprint density at radius 1 is 1.42 bits per heavy atom. The molecule has 0 spiro atoms. The third-order valence-electron chi connectivity index (χ3n) is 2.66. The number of hydrogen-bond donors (Lipinski definition) is 1. The Morgan fingerprint density at radius 2 is 2.08 bits per heavy atom. The molecule has 72 valence electrons. The molecule has 0 aromatic heterocycles. The first-order valence-electron chi connectivity index (χ1n) is 4.87. The minimum Gasteiger partial charge on any atom is -0.380 e. The standard InChI is InChI=1S/C9H20N2O/c1-3-11(4-2)9-7-12-6-5-8(9)10/h8-9H,3-7,10H2,1-2H3. The van der Waals surface area contributed by atoms with Crippen LogP contribution >= 0.6 is 0 Å². The zero-order chi connectivity index (χ0) is 8.97. The summed E-state index contributed by atoms with van der Waals surface area (Å²) in [5.74, 6) is 0. The molecule has 1 aliphatic rings. The van der Waals surface area contributed by atoms with Crippen molar-refractivity contribution in [3.63, 3.8) is 0 Å². The Bertz CT molecular complexity index is 126. The van der Waals surface area contributed by atoms with Crippen molar-refractivity contribution in [3.05, 3.63) is 0 Å². The number of nitrogens with zero attached hydrogens (tertiary/aromatic N) is 1. The van der Waals surface area contributed by atoms with Gasteiger partial charge in [0.25, 0.3) is 0 Å². The molecule has 0 bridgehead atoms. The maximum atomic E-state index is 6.01. The summed E-state index contributed by atoms with van der Waals surface area (Å²) >= 11 is 0. The molecule has 0 aliphatic carbocycles.